The van der Waals surface area contributed by atoms with Crippen molar-refractivity contribution in [3.05, 3.63) is 66.5 Å². The van der Waals surface area contributed by atoms with Crippen molar-refractivity contribution in [1.29, 1.82) is 0 Å². The average Bonchev–Trinajstić information content (AvgIpc) is 2.37. The molecule has 0 bridgehead atoms. The molecule has 0 spiro atoms. The minimum atomic E-state index is -0.487. The summed E-state index contributed by atoms with van der Waals surface area (Å²) < 4.78 is 5.43. The first kappa shape index (κ1) is 17.7. The Balaban J connectivity index is 0.00000110. The molecule has 20 heavy (non-hydrogen) atoms. The van der Waals surface area contributed by atoms with Crippen molar-refractivity contribution in [3.8, 4) is 5.75 Å². The predicted molar refractivity (Wildman–Crippen MR) is 84.6 cm³/mol. The lowest BCUT2D eigenvalue weighted by molar-refractivity contribution is 0.1000. The monoisotopic (exact) mass is 273 g/mol. The van der Waals surface area contributed by atoms with Gasteiger partial charge in [-0.3, -0.25) is 4.79 Å². The molecule has 0 aliphatic rings. The quantitative estimate of drug-likeness (QED) is 0.645. The molecule has 0 aromatic heterocycles. The fraction of sp³-hybridized carbons (Fsp3) is 0.235. The Kier molecular flexibility index (Phi) is 8.51. The highest BCUT2D eigenvalue weighted by atomic mass is 16.5. The van der Waals surface area contributed by atoms with Crippen molar-refractivity contribution in [2.24, 2.45) is 5.73 Å². The van der Waals surface area contributed by atoms with Crippen molar-refractivity contribution in [3.63, 3.8) is 0 Å². The van der Waals surface area contributed by atoms with Crippen LogP contribution in [0.3, 0.4) is 0 Å². The highest BCUT2D eigenvalue weighted by Gasteiger charge is 2.02. The second-order valence-corrected chi connectivity index (χ2v) is 4.35. The lowest BCUT2D eigenvalue weighted by atomic mass is 10.2. The van der Waals surface area contributed by atoms with E-state index in [0.29, 0.717) is 17.1 Å². The minimum absolute atomic E-state index is 0.402. The molecule has 0 heterocycles. The van der Waals surface area contributed by atoms with E-state index in [9.17, 15) is 4.79 Å². The van der Waals surface area contributed by atoms with Gasteiger partial charge in [0.15, 0.2) is 0 Å². The van der Waals surface area contributed by atoms with Gasteiger partial charge in [-0.15, -0.1) is 0 Å². The third kappa shape index (κ3) is 7.93. The van der Waals surface area contributed by atoms with Crippen LogP contribution >= 0.6 is 0 Å². The number of ether oxygens (including phenoxy) is 1. The molecule has 1 aromatic carbocycles. The molecular formula is C17H23NO2. The molecule has 3 heteroatoms. The number of amides is 1. The number of rotatable bonds is 5. The first-order chi connectivity index (χ1) is 9.40. The molecule has 0 aliphatic heterocycles. The van der Waals surface area contributed by atoms with Gasteiger partial charge in [0.1, 0.15) is 11.5 Å². The van der Waals surface area contributed by atoms with Crippen LogP contribution < -0.4 is 10.5 Å². The van der Waals surface area contributed by atoms with Crippen LogP contribution in [-0.2, 0) is 0 Å². The third-order valence-corrected chi connectivity index (χ3v) is 1.92. The van der Waals surface area contributed by atoms with E-state index < -0.39 is 5.91 Å². The van der Waals surface area contributed by atoms with E-state index in [1.54, 1.807) is 36.4 Å². The Bertz CT molecular complexity index is 501. The van der Waals surface area contributed by atoms with Gasteiger partial charge >= 0.3 is 0 Å². The van der Waals surface area contributed by atoms with Gasteiger partial charge in [0.05, 0.1) is 0 Å². The van der Waals surface area contributed by atoms with Crippen molar-refractivity contribution < 1.29 is 9.53 Å². The molecular weight excluding hydrogens is 250 g/mol. The summed E-state index contributed by atoms with van der Waals surface area (Å²) in [7, 11) is 0. The highest BCUT2D eigenvalue weighted by Crippen LogP contribution is 2.16. The number of nitrogens with two attached hydrogens (primary N) is 1. The standard InChI is InChI=1S/C14H15NO2.C3H8/c1-10(2)7-8-11(3)17-13-6-4-5-12(9-13)14(15)16;1-3-2/h4-9H,1,3H2,2H3,(H2,15,16);3H2,1-2H3/b8-7-;. The van der Waals surface area contributed by atoms with E-state index in [1.165, 1.54) is 6.42 Å². The average molecular weight is 273 g/mol. The molecule has 1 aromatic rings. The van der Waals surface area contributed by atoms with Crippen LogP contribution in [0.1, 0.15) is 37.6 Å². The molecule has 108 valence electrons. The Hall–Kier alpha value is -2.29. The summed E-state index contributed by atoms with van der Waals surface area (Å²) >= 11 is 0. The van der Waals surface area contributed by atoms with E-state index in [-0.39, 0.29) is 0 Å². The van der Waals surface area contributed by atoms with Crippen LogP contribution in [0.5, 0.6) is 5.75 Å². The van der Waals surface area contributed by atoms with Gasteiger partial charge in [0, 0.05) is 5.56 Å². The Morgan fingerprint density at radius 3 is 2.40 bits per heavy atom. The van der Waals surface area contributed by atoms with Crippen LogP contribution in [-0.4, -0.2) is 5.91 Å². The second-order valence-electron chi connectivity index (χ2n) is 4.35. The van der Waals surface area contributed by atoms with Crippen LogP contribution in [0.15, 0.2) is 60.9 Å². The summed E-state index contributed by atoms with van der Waals surface area (Å²) in [5.41, 5.74) is 6.47. The lowest BCUT2D eigenvalue weighted by Gasteiger charge is -2.05. The van der Waals surface area contributed by atoms with E-state index in [2.05, 4.69) is 27.0 Å². The number of carbonyl (C=O) groups is 1. The maximum absolute atomic E-state index is 11.0. The van der Waals surface area contributed by atoms with Gasteiger partial charge in [0.2, 0.25) is 5.91 Å². The molecule has 1 rings (SSSR count). The van der Waals surface area contributed by atoms with Gasteiger partial charge in [0.25, 0.3) is 0 Å². The fourth-order valence-corrected chi connectivity index (χ4v) is 1.13. The number of carbonyl (C=O) groups excluding carboxylic acids is 1. The molecule has 3 nitrogen and oxygen atoms in total. The molecule has 0 aliphatic carbocycles. The molecule has 0 saturated heterocycles. The zero-order valence-electron chi connectivity index (χ0n) is 12.5. The maximum atomic E-state index is 11.0. The van der Waals surface area contributed by atoms with E-state index in [1.807, 2.05) is 6.92 Å². The molecule has 0 unspecified atom stereocenters. The van der Waals surface area contributed by atoms with Crippen LogP contribution in [0, 0.1) is 0 Å². The molecule has 2 N–H and O–H groups in total. The van der Waals surface area contributed by atoms with Crippen molar-refractivity contribution in [2.45, 2.75) is 27.2 Å². The van der Waals surface area contributed by atoms with Gasteiger partial charge in [-0.05, 0) is 31.2 Å². The minimum Gasteiger partial charge on any atom is -0.458 e. The fourth-order valence-electron chi connectivity index (χ4n) is 1.13. The van der Waals surface area contributed by atoms with E-state index >= 15 is 0 Å². The Labute approximate surface area is 121 Å². The maximum Gasteiger partial charge on any atom is 0.248 e. The normalized spacial score (nSPS) is 9.55. The number of benzene rings is 1. The largest absolute Gasteiger partial charge is 0.458 e. The summed E-state index contributed by atoms with van der Waals surface area (Å²) in [6.07, 6.45) is 4.75. The van der Waals surface area contributed by atoms with Gasteiger partial charge < -0.3 is 10.5 Å². The zero-order valence-corrected chi connectivity index (χ0v) is 12.5. The van der Waals surface area contributed by atoms with Crippen LogP contribution in [0.25, 0.3) is 0 Å². The van der Waals surface area contributed by atoms with E-state index in [0.717, 1.165) is 5.57 Å². The van der Waals surface area contributed by atoms with Crippen molar-refractivity contribution in [2.75, 3.05) is 0 Å². The summed E-state index contributed by atoms with van der Waals surface area (Å²) in [5.74, 6) is 0.505. The summed E-state index contributed by atoms with van der Waals surface area (Å²) in [6.45, 7) is 13.6. The highest BCUT2D eigenvalue weighted by molar-refractivity contribution is 5.93. The number of primary amides is 1. The van der Waals surface area contributed by atoms with Crippen molar-refractivity contribution in [1.82, 2.24) is 0 Å². The summed E-state index contributed by atoms with van der Waals surface area (Å²) in [6, 6.07) is 6.63. The predicted octanol–water partition coefficient (Wildman–Crippen LogP) is 4.23. The number of allylic oxidation sites excluding steroid dienone is 3. The molecule has 0 fully saturated rings. The van der Waals surface area contributed by atoms with Gasteiger partial charge in [-0.2, -0.15) is 0 Å². The molecule has 1 amide bonds. The second kappa shape index (κ2) is 9.62. The topological polar surface area (TPSA) is 52.3 Å². The Morgan fingerprint density at radius 1 is 1.30 bits per heavy atom. The van der Waals surface area contributed by atoms with Crippen molar-refractivity contribution >= 4 is 5.91 Å². The molecule has 0 saturated carbocycles. The smallest absolute Gasteiger partial charge is 0.248 e. The molecule has 0 atom stereocenters. The molecule has 0 radical (unpaired) electrons. The third-order valence-electron chi connectivity index (χ3n) is 1.92. The number of hydrogen-bond acceptors (Lipinski definition) is 2. The SMILES string of the molecule is C=C(C)/C=C\C(=C)Oc1cccc(C(N)=O)c1.CCC. The Morgan fingerprint density at radius 2 is 1.90 bits per heavy atom. The summed E-state index contributed by atoms with van der Waals surface area (Å²) in [5, 5.41) is 0. The van der Waals surface area contributed by atoms with Crippen LogP contribution in [0.2, 0.25) is 0 Å². The van der Waals surface area contributed by atoms with Gasteiger partial charge in [-0.25, -0.2) is 0 Å². The summed E-state index contributed by atoms with van der Waals surface area (Å²) in [4.78, 5) is 11.0. The van der Waals surface area contributed by atoms with E-state index in [4.69, 9.17) is 10.5 Å². The zero-order chi connectivity index (χ0) is 15.5. The number of hydrogen-bond donors (Lipinski definition) is 1. The first-order valence-electron chi connectivity index (χ1n) is 6.50. The van der Waals surface area contributed by atoms with Crippen LogP contribution in [0.4, 0.5) is 0 Å². The lowest BCUT2D eigenvalue weighted by Crippen LogP contribution is -2.10. The van der Waals surface area contributed by atoms with Gasteiger partial charge in [-0.1, -0.05) is 51.1 Å². The first-order valence-corrected chi connectivity index (χ1v) is 6.50.